The number of aromatic nitrogens is 2. The Bertz CT molecular complexity index is 929. The van der Waals surface area contributed by atoms with Crippen molar-refractivity contribution in [3.8, 4) is 5.69 Å². The molecule has 0 spiro atoms. The summed E-state index contributed by atoms with van der Waals surface area (Å²) in [6, 6.07) is 19.0. The second kappa shape index (κ2) is 8.59. The molecule has 0 saturated carbocycles. The number of nitrogens with zero attached hydrogens (tertiary/aromatic N) is 2. The van der Waals surface area contributed by atoms with Crippen LogP contribution in [0.25, 0.3) is 5.69 Å². The second-order valence-electron chi connectivity index (χ2n) is 7.58. The number of anilines is 1. The molecule has 0 bridgehead atoms. The Kier molecular flexibility index (Phi) is 6.17. The molecule has 3 rings (SSSR count). The van der Waals surface area contributed by atoms with Gasteiger partial charge in [-0.1, -0.05) is 62.7 Å². The lowest BCUT2D eigenvalue weighted by molar-refractivity contribution is -0.121. The lowest BCUT2D eigenvalue weighted by Crippen LogP contribution is -2.20. The van der Waals surface area contributed by atoms with Gasteiger partial charge < -0.3 is 10.1 Å². The van der Waals surface area contributed by atoms with Crippen LogP contribution >= 0.6 is 11.6 Å². The fourth-order valence-electron chi connectivity index (χ4n) is 2.63. The van der Waals surface area contributed by atoms with E-state index in [1.54, 1.807) is 16.8 Å². The molecule has 0 aliphatic rings. The molecule has 3 aromatic rings. The van der Waals surface area contributed by atoms with E-state index in [2.05, 4.69) is 31.2 Å². The number of nitrogens with one attached hydrogen (secondary N) is 1. The number of hydrogen-bond donors (Lipinski definition) is 1. The molecule has 0 fully saturated rings. The Morgan fingerprint density at radius 3 is 2.43 bits per heavy atom. The molecule has 0 unspecified atom stereocenters. The highest BCUT2D eigenvalue weighted by Gasteiger charge is 2.21. The Balaban J connectivity index is 1.73. The van der Waals surface area contributed by atoms with Crippen LogP contribution in [0.3, 0.4) is 0 Å². The third kappa shape index (κ3) is 5.21. The molecule has 0 radical (unpaired) electrons. The van der Waals surface area contributed by atoms with Crippen molar-refractivity contribution in [3.63, 3.8) is 0 Å². The molecule has 1 N–H and O–H groups in total. The molecule has 28 heavy (non-hydrogen) atoms. The van der Waals surface area contributed by atoms with Crippen LogP contribution in [0.1, 0.15) is 32.0 Å². The Morgan fingerprint density at radius 2 is 1.79 bits per heavy atom. The molecule has 1 aromatic heterocycles. The number of carbonyl (C=O) groups excluding carboxylic acids is 1. The van der Waals surface area contributed by atoms with Gasteiger partial charge in [0.05, 0.1) is 18.0 Å². The smallest absolute Gasteiger partial charge is 0.251 e. The van der Waals surface area contributed by atoms with E-state index in [-0.39, 0.29) is 17.9 Å². The molecule has 6 heteroatoms. The first-order valence-corrected chi connectivity index (χ1v) is 9.49. The monoisotopic (exact) mass is 397 g/mol. The van der Waals surface area contributed by atoms with Gasteiger partial charge in [-0.05, 0) is 29.8 Å². The number of ether oxygens (including phenoxy) is 1. The van der Waals surface area contributed by atoms with E-state index in [4.69, 9.17) is 16.3 Å². The minimum atomic E-state index is -0.230. The zero-order chi connectivity index (χ0) is 20.1. The number of hydrogen-bond acceptors (Lipinski definition) is 3. The summed E-state index contributed by atoms with van der Waals surface area (Å²) >= 11 is 5.99. The SMILES string of the molecule is CC(C)(C)c1cc(NC(=O)COCc2ccccc2)n(-c2ccc(Cl)cc2)n1. The van der Waals surface area contributed by atoms with Crippen LogP contribution < -0.4 is 5.32 Å². The van der Waals surface area contributed by atoms with Gasteiger partial charge in [-0.2, -0.15) is 5.10 Å². The van der Waals surface area contributed by atoms with Crippen LogP contribution in [0.4, 0.5) is 5.82 Å². The summed E-state index contributed by atoms with van der Waals surface area (Å²) < 4.78 is 7.24. The normalized spacial score (nSPS) is 11.4. The Morgan fingerprint density at radius 1 is 1.11 bits per heavy atom. The number of carbonyl (C=O) groups is 1. The number of rotatable bonds is 6. The Hall–Kier alpha value is -2.63. The van der Waals surface area contributed by atoms with Crippen LogP contribution in [0, 0.1) is 0 Å². The predicted molar refractivity (Wildman–Crippen MR) is 112 cm³/mol. The minimum Gasteiger partial charge on any atom is -0.367 e. The summed E-state index contributed by atoms with van der Waals surface area (Å²) in [6.45, 7) is 6.59. The van der Waals surface area contributed by atoms with Gasteiger partial charge in [0.15, 0.2) is 0 Å². The molecule has 2 aromatic carbocycles. The van der Waals surface area contributed by atoms with Crippen LogP contribution in [-0.4, -0.2) is 22.3 Å². The summed E-state index contributed by atoms with van der Waals surface area (Å²) in [5, 5.41) is 8.23. The lowest BCUT2D eigenvalue weighted by Gasteiger charge is -2.14. The fraction of sp³-hybridized carbons (Fsp3) is 0.273. The summed E-state index contributed by atoms with van der Waals surface area (Å²) in [4.78, 5) is 12.4. The lowest BCUT2D eigenvalue weighted by atomic mass is 9.92. The average Bonchev–Trinajstić information content (AvgIpc) is 3.07. The summed E-state index contributed by atoms with van der Waals surface area (Å²) in [6.07, 6.45) is 0. The van der Waals surface area contributed by atoms with Crippen molar-refractivity contribution in [1.82, 2.24) is 9.78 Å². The summed E-state index contributed by atoms with van der Waals surface area (Å²) in [5.74, 6) is 0.368. The van der Waals surface area contributed by atoms with Crippen molar-refractivity contribution in [2.45, 2.75) is 32.8 Å². The number of amides is 1. The van der Waals surface area contributed by atoms with E-state index < -0.39 is 0 Å². The second-order valence-corrected chi connectivity index (χ2v) is 8.02. The third-order valence-electron chi connectivity index (χ3n) is 4.16. The van der Waals surface area contributed by atoms with E-state index in [0.29, 0.717) is 17.4 Å². The zero-order valence-corrected chi connectivity index (χ0v) is 17.0. The van der Waals surface area contributed by atoms with Crippen LogP contribution in [-0.2, 0) is 21.6 Å². The van der Waals surface area contributed by atoms with Crippen molar-refractivity contribution in [2.75, 3.05) is 11.9 Å². The minimum absolute atomic E-state index is 0.0362. The van der Waals surface area contributed by atoms with Crippen molar-refractivity contribution in [2.24, 2.45) is 0 Å². The molecule has 0 aliphatic heterocycles. The maximum Gasteiger partial charge on any atom is 0.251 e. The highest BCUT2D eigenvalue weighted by Crippen LogP contribution is 2.26. The van der Waals surface area contributed by atoms with Crippen molar-refractivity contribution < 1.29 is 9.53 Å². The fourth-order valence-corrected chi connectivity index (χ4v) is 2.76. The molecule has 5 nitrogen and oxygen atoms in total. The van der Waals surface area contributed by atoms with Crippen molar-refractivity contribution in [3.05, 3.63) is 76.9 Å². The first kappa shape index (κ1) is 20.1. The third-order valence-corrected chi connectivity index (χ3v) is 4.41. The highest BCUT2D eigenvalue weighted by atomic mass is 35.5. The molecule has 0 saturated heterocycles. The maximum atomic E-state index is 12.4. The topological polar surface area (TPSA) is 56.1 Å². The van der Waals surface area contributed by atoms with Gasteiger partial charge in [0.2, 0.25) is 0 Å². The van der Waals surface area contributed by atoms with Gasteiger partial charge in [0.1, 0.15) is 12.4 Å². The summed E-state index contributed by atoms with van der Waals surface area (Å²) in [5.41, 5.74) is 2.57. The first-order chi connectivity index (χ1) is 13.3. The van der Waals surface area contributed by atoms with Gasteiger partial charge in [-0.3, -0.25) is 4.79 Å². The van der Waals surface area contributed by atoms with Crippen LogP contribution in [0.15, 0.2) is 60.7 Å². The van der Waals surface area contributed by atoms with Gasteiger partial charge in [0, 0.05) is 16.5 Å². The molecular formula is C22H24ClN3O2. The van der Waals surface area contributed by atoms with E-state index in [1.807, 2.05) is 48.5 Å². The van der Waals surface area contributed by atoms with E-state index in [9.17, 15) is 4.79 Å². The van der Waals surface area contributed by atoms with Crippen molar-refractivity contribution >= 4 is 23.3 Å². The number of halogens is 1. The van der Waals surface area contributed by atoms with E-state index in [1.165, 1.54) is 0 Å². The van der Waals surface area contributed by atoms with Gasteiger partial charge in [-0.15, -0.1) is 0 Å². The highest BCUT2D eigenvalue weighted by molar-refractivity contribution is 6.30. The zero-order valence-electron chi connectivity index (χ0n) is 16.3. The van der Waals surface area contributed by atoms with Crippen LogP contribution in [0.2, 0.25) is 5.02 Å². The van der Waals surface area contributed by atoms with Gasteiger partial charge in [0.25, 0.3) is 5.91 Å². The summed E-state index contributed by atoms with van der Waals surface area (Å²) in [7, 11) is 0. The first-order valence-electron chi connectivity index (χ1n) is 9.11. The Labute approximate surface area is 170 Å². The quantitative estimate of drug-likeness (QED) is 0.638. The standard InChI is InChI=1S/C22H24ClN3O2/c1-22(2,3)19-13-20(26(25-19)18-11-9-17(23)10-12-18)24-21(27)15-28-14-16-7-5-4-6-8-16/h4-13H,14-15H2,1-3H3,(H,24,27). The van der Waals surface area contributed by atoms with Crippen LogP contribution in [0.5, 0.6) is 0 Å². The molecule has 0 atom stereocenters. The van der Waals surface area contributed by atoms with E-state index in [0.717, 1.165) is 16.9 Å². The molecule has 1 amide bonds. The predicted octanol–water partition coefficient (Wildman–Crippen LogP) is 4.98. The van der Waals surface area contributed by atoms with Crippen molar-refractivity contribution in [1.29, 1.82) is 0 Å². The molecule has 146 valence electrons. The molecular weight excluding hydrogens is 374 g/mol. The van der Waals surface area contributed by atoms with E-state index >= 15 is 0 Å². The van der Waals surface area contributed by atoms with Gasteiger partial charge in [-0.25, -0.2) is 4.68 Å². The maximum absolute atomic E-state index is 12.4. The largest absolute Gasteiger partial charge is 0.367 e. The average molecular weight is 398 g/mol. The molecule has 0 aliphatic carbocycles. The van der Waals surface area contributed by atoms with Gasteiger partial charge >= 0.3 is 0 Å². The molecule has 1 heterocycles. The number of benzene rings is 2.